The van der Waals surface area contributed by atoms with E-state index in [4.69, 9.17) is 0 Å². The summed E-state index contributed by atoms with van der Waals surface area (Å²) < 4.78 is 1.84. The van der Waals surface area contributed by atoms with E-state index >= 15 is 0 Å². The summed E-state index contributed by atoms with van der Waals surface area (Å²) in [7, 11) is 0. The molecule has 1 saturated heterocycles. The van der Waals surface area contributed by atoms with Crippen LogP contribution in [0.25, 0.3) is 5.69 Å². The summed E-state index contributed by atoms with van der Waals surface area (Å²) in [5, 5.41) is 17.7. The Morgan fingerprint density at radius 1 is 1.10 bits per heavy atom. The SMILES string of the molecule is CC(C)c1c(CO)nnn1-c1ccc(N2CCCC2)cc1. The van der Waals surface area contributed by atoms with Crippen LogP contribution in [0.3, 0.4) is 0 Å². The fourth-order valence-electron chi connectivity index (χ4n) is 2.98. The van der Waals surface area contributed by atoms with Gasteiger partial charge >= 0.3 is 0 Å². The number of rotatable bonds is 4. The van der Waals surface area contributed by atoms with Crippen molar-refractivity contribution in [3.63, 3.8) is 0 Å². The third kappa shape index (κ3) is 2.65. The normalized spacial score (nSPS) is 15.1. The minimum absolute atomic E-state index is 0.0701. The van der Waals surface area contributed by atoms with Crippen LogP contribution in [0.1, 0.15) is 44.0 Å². The number of hydrogen-bond acceptors (Lipinski definition) is 4. The zero-order valence-electron chi connectivity index (χ0n) is 12.7. The molecule has 0 unspecified atom stereocenters. The summed E-state index contributed by atoms with van der Waals surface area (Å²) in [5.74, 6) is 0.264. The van der Waals surface area contributed by atoms with Gasteiger partial charge in [0.2, 0.25) is 0 Å². The fraction of sp³-hybridized carbons (Fsp3) is 0.500. The van der Waals surface area contributed by atoms with Crippen LogP contribution in [0, 0.1) is 0 Å². The quantitative estimate of drug-likeness (QED) is 0.938. The van der Waals surface area contributed by atoms with Gasteiger partial charge in [-0.1, -0.05) is 19.1 Å². The molecule has 1 aromatic carbocycles. The predicted octanol–water partition coefficient (Wildman–Crippen LogP) is 2.48. The summed E-state index contributed by atoms with van der Waals surface area (Å²) in [5.41, 5.74) is 3.90. The van der Waals surface area contributed by atoms with Gasteiger partial charge in [0, 0.05) is 18.8 Å². The maximum absolute atomic E-state index is 9.39. The number of hydrogen-bond donors (Lipinski definition) is 1. The van der Waals surface area contributed by atoms with Crippen LogP contribution in [-0.2, 0) is 6.61 Å². The first-order valence-corrected chi connectivity index (χ1v) is 7.61. The van der Waals surface area contributed by atoms with Gasteiger partial charge in [-0.2, -0.15) is 0 Å². The molecule has 1 aromatic heterocycles. The van der Waals surface area contributed by atoms with Gasteiger partial charge < -0.3 is 10.0 Å². The molecule has 0 amide bonds. The molecule has 2 aromatic rings. The number of aliphatic hydroxyl groups is 1. The minimum atomic E-state index is -0.0701. The third-order valence-electron chi connectivity index (χ3n) is 4.04. The maximum atomic E-state index is 9.39. The van der Waals surface area contributed by atoms with Gasteiger partial charge in [0.05, 0.1) is 18.0 Å². The highest BCUT2D eigenvalue weighted by molar-refractivity contribution is 5.51. The largest absolute Gasteiger partial charge is 0.390 e. The number of nitrogens with zero attached hydrogens (tertiary/aromatic N) is 4. The van der Waals surface area contributed by atoms with Crippen LogP contribution < -0.4 is 4.90 Å². The first-order valence-electron chi connectivity index (χ1n) is 7.61. The molecule has 1 N–H and O–H groups in total. The summed E-state index contributed by atoms with van der Waals surface area (Å²) in [4.78, 5) is 2.41. The first-order chi connectivity index (χ1) is 10.2. The molecule has 1 aliphatic rings. The number of aromatic nitrogens is 3. The Morgan fingerprint density at radius 2 is 1.71 bits per heavy atom. The Morgan fingerprint density at radius 3 is 2.29 bits per heavy atom. The van der Waals surface area contributed by atoms with Crippen LogP contribution in [0.4, 0.5) is 5.69 Å². The second-order valence-electron chi connectivity index (χ2n) is 5.86. The van der Waals surface area contributed by atoms with Crippen LogP contribution >= 0.6 is 0 Å². The molecule has 0 saturated carbocycles. The Hall–Kier alpha value is -1.88. The molecule has 5 heteroatoms. The lowest BCUT2D eigenvalue weighted by Gasteiger charge is -2.18. The second-order valence-corrected chi connectivity index (χ2v) is 5.86. The molecule has 5 nitrogen and oxygen atoms in total. The third-order valence-corrected chi connectivity index (χ3v) is 4.04. The van der Waals surface area contributed by atoms with Gasteiger partial charge in [0.1, 0.15) is 5.69 Å². The molecule has 0 bridgehead atoms. The van der Waals surface area contributed by atoms with Crippen LogP contribution in [0.5, 0.6) is 0 Å². The molecule has 1 fully saturated rings. The van der Waals surface area contributed by atoms with Crippen molar-refractivity contribution in [2.75, 3.05) is 18.0 Å². The van der Waals surface area contributed by atoms with Crippen LogP contribution in [0.2, 0.25) is 0 Å². The smallest absolute Gasteiger partial charge is 0.112 e. The number of benzene rings is 1. The highest BCUT2D eigenvalue weighted by Gasteiger charge is 2.17. The van der Waals surface area contributed by atoms with Crippen LogP contribution in [0.15, 0.2) is 24.3 Å². The van der Waals surface area contributed by atoms with E-state index in [2.05, 4.69) is 53.3 Å². The Balaban J connectivity index is 1.92. The van der Waals surface area contributed by atoms with Crippen molar-refractivity contribution in [1.29, 1.82) is 0 Å². The second kappa shape index (κ2) is 5.85. The topological polar surface area (TPSA) is 54.2 Å². The monoisotopic (exact) mass is 286 g/mol. The van der Waals surface area contributed by atoms with Crippen molar-refractivity contribution in [3.05, 3.63) is 35.7 Å². The van der Waals surface area contributed by atoms with Gasteiger partial charge in [-0.25, -0.2) is 4.68 Å². The molecule has 112 valence electrons. The molecule has 0 atom stereocenters. The van der Waals surface area contributed by atoms with Gasteiger partial charge in [-0.05, 0) is 43.0 Å². The van der Waals surface area contributed by atoms with E-state index in [-0.39, 0.29) is 12.5 Å². The molecular weight excluding hydrogens is 264 g/mol. The first kappa shape index (κ1) is 14.1. The predicted molar refractivity (Wildman–Crippen MR) is 82.8 cm³/mol. The van der Waals surface area contributed by atoms with Crippen molar-refractivity contribution in [3.8, 4) is 5.69 Å². The molecule has 1 aliphatic heterocycles. The van der Waals surface area contributed by atoms with Crippen molar-refractivity contribution in [2.45, 2.75) is 39.2 Å². The summed E-state index contributed by atoms with van der Waals surface area (Å²) >= 11 is 0. The van der Waals surface area contributed by atoms with E-state index in [1.54, 1.807) is 0 Å². The van der Waals surface area contributed by atoms with Gasteiger partial charge in [-0.3, -0.25) is 0 Å². The molecule has 21 heavy (non-hydrogen) atoms. The average Bonchev–Trinajstić information content (AvgIpc) is 3.16. The van der Waals surface area contributed by atoms with E-state index in [0.717, 1.165) is 24.5 Å². The Kier molecular flexibility index (Phi) is 3.92. The van der Waals surface area contributed by atoms with Gasteiger partial charge in [0.15, 0.2) is 0 Å². The zero-order valence-corrected chi connectivity index (χ0v) is 12.7. The molecule has 3 rings (SSSR count). The molecule has 0 aliphatic carbocycles. The molecule has 0 radical (unpaired) electrons. The minimum Gasteiger partial charge on any atom is -0.390 e. The lowest BCUT2D eigenvalue weighted by molar-refractivity contribution is 0.275. The maximum Gasteiger partial charge on any atom is 0.112 e. The summed E-state index contributed by atoms with van der Waals surface area (Å²) in [6.07, 6.45) is 2.56. The molecule has 2 heterocycles. The van der Waals surface area contributed by atoms with Gasteiger partial charge in [0.25, 0.3) is 0 Å². The van der Waals surface area contributed by atoms with E-state index in [1.807, 2.05) is 4.68 Å². The number of aliphatic hydroxyl groups excluding tert-OH is 1. The molecule has 0 spiro atoms. The highest BCUT2D eigenvalue weighted by atomic mass is 16.3. The average molecular weight is 286 g/mol. The fourth-order valence-corrected chi connectivity index (χ4v) is 2.98. The zero-order chi connectivity index (χ0) is 14.8. The van der Waals surface area contributed by atoms with E-state index < -0.39 is 0 Å². The summed E-state index contributed by atoms with van der Waals surface area (Å²) in [6.45, 7) is 6.41. The van der Waals surface area contributed by atoms with Crippen molar-refractivity contribution in [1.82, 2.24) is 15.0 Å². The lowest BCUT2D eigenvalue weighted by atomic mass is 10.1. The van der Waals surface area contributed by atoms with Crippen molar-refractivity contribution in [2.24, 2.45) is 0 Å². The lowest BCUT2D eigenvalue weighted by Crippen LogP contribution is -2.17. The Bertz CT molecular complexity index is 597. The molecular formula is C16H22N4O. The van der Waals surface area contributed by atoms with E-state index in [1.165, 1.54) is 18.5 Å². The number of anilines is 1. The van der Waals surface area contributed by atoms with E-state index in [9.17, 15) is 5.11 Å². The summed E-state index contributed by atoms with van der Waals surface area (Å²) in [6, 6.07) is 8.45. The van der Waals surface area contributed by atoms with Gasteiger partial charge in [-0.15, -0.1) is 5.10 Å². The standard InChI is InChI=1S/C16H22N4O/c1-12(2)16-15(11-21)17-18-20(16)14-7-5-13(6-8-14)19-9-3-4-10-19/h5-8,12,21H,3-4,9-11H2,1-2H3. The highest BCUT2D eigenvalue weighted by Crippen LogP contribution is 2.24. The van der Waals surface area contributed by atoms with Crippen LogP contribution in [-0.4, -0.2) is 33.2 Å². The Labute approximate surface area is 125 Å². The van der Waals surface area contributed by atoms with Crippen molar-refractivity contribution < 1.29 is 5.11 Å². The van der Waals surface area contributed by atoms with Crippen molar-refractivity contribution >= 4 is 5.69 Å². The van der Waals surface area contributed by atoms with E-state index in [0.29, 0.717) is 5.69 Å².